The maximum absolute atomic E-state index is 13.2. The van der Waals surface area contributed by atoms with Gasteiger partial charge in [-0.2, -0.15) is 0 Å². The van der Waals surface area contributed by atoms with Crippen LogP contribution in [0.4, 0.5) is 0 Å². The first-order valence-electron chi connectivity index (χ1n) is 11.6. The molecule has 0 unspecified atom stereocenters. The molecule has 0 amide bonds. The number of aromatic nitrogens is 1. The molecule has 0 atom stereocenters. The van der Waals surface area contributed by atoms with E-state index in [2.05, 4.69) is 88.6 Å². The summed E-state index contributed by atoms with van der Waals surface area (Å²) in [5.74, 6) is 0.0872. The number of benzene rings is 4. The number of rotatable bonds is 4. The maximum atomic E-state index is 13.2. The molecule has 0 saturated carbocycles. The Hall–Kier alpha value is -3.95. The second kappa shape index (κ2) is 8.37. The second-order valence-electron chi connectivity index (χ2n) is 8.73. The molecular weight excluding hydrogens is 494 g/mol. The van der Waals surface area contributed by atoms with Crippen LogP contribution in [0.25, 0.3) is 49.8 Å². The Balaban J connectivity index is 1.62. The first-order valence-corrected chi connectivity index (χ1v) is 12.4. The van der Waals surface area contributed by atoms with Crippen LogP contribution in [-0.4, -0.2) is 10.4 Å². The molecule has 5 aromatic rings. The van der Waals surface area contributed by atoms with Crippen LogP contribution in [0.3, 0.4) is 0 Å². The van der Waals surface area contributed by atoms with E-state index in [1.807, 2.05) is 42.5 Å². The molecule has 168 valence electrons. The molecular formula is C32H22BrNO. The molecule has 2 nitrogen and oxygen atoms in total. The quantitative estimate of drug-likeness (QED) is 0.214. The summed E-state index contributed by atoms with van der Waals surface area (Å²) in [6.07, 6.45) is 7.83. The van der Waals surface area contributed by atoms with Crippen LogP contribution >= 0.6 is 15.9 Å². The van der Waals surface area contributed by atoms with Gasteiger partial charge < -0.3 is 4.57 Å². The minimum Gasteiger partial charge on any atom is -0.313 e. The number of hydrogen-bond donors (Lipinski definition) is 0. The molecule has 0 saturated heterocycles. The molecule has 35 heavy (non-hydrogen) atoms. The first-order chi connectivity index (χ1) is 17.1. The molecule has 6 rings (SSSR count). The van der Waals surface area contributed by atoms with E-state index in [9.17, 15) is 4.79 Å². The van der Waals surface area contributed by atoms with Gasteiger partial charge in [0.1, 0.15) is 0 Å². The third-order valence-corrected chi connectivity index (χ3v) is 7.40. The minimum absolute atomic E-state index is 0.0872. The number of hydrogen-bond acceptors (Lipinski definition) is 1. The molecule has 0 spiro atoms. The Kier molecular flexibility index (Phi) is 5.16. The number of halogens is 1. The summed E-state index contributed by atoms with van der Waals surface area (Å²) in [4.78, 5) is 13.2. The molecule has 0 aliphatic heterocycles. The van der Waals surface area contributed by atoms with Crippen LogP contribution in [-0.2, 0) is 0 Å². The number of carbonyl (C=O) groups is 1. The van der Waals surface area contributed by atoms with Crippen molar-refractivity contribution in [1.29, 1.82) is 0 Å². The SMILES string of the molecule is C=C/C=C\C=C(/C)n1c2ccccc2c2cc(-c3cccc4c3-c3c(Br)cccc3C4=O)ccc21. The van der Waals surface area contributed by atoms with Gasteiger partial charge in [-0.25, -0.2) is 0 Å². The van der Waals surface area contributed by atoms with Crippen LogP contribution in [0.5, 0.6) is 0 Å². The fourth-order valence-corrected chi connectivity index (χ4v) is 5.80. The highest BCUT2D eigenvalue weighted by Crippen LogP contribution is 2.47. The monoisotopic (exact) mass is 515 g/mol. The number of nitrogens with zero attached hydrogens (tertiary/aromatic N) is 1. The van der Waals surface area contributed by atoms with Gasteiger partial charge in [0.25, 0.3) is 0 Å². The smallest absolute Gasteiger partial charge is 0.194 e. The van der Waals surface area contributed by atoms with Crippen LogP contribution in [0.1, 0.15) is 22.8 Å². The predicted octanol–water partition coefficient (Wildman–Crippen LogP) is 9.04. The van der Waals surface area contributed by atoms with Crippen molar-refractivity contribution < 1.29 is 4.79 Å². The summed E-state index contributed by atoms with van der Waals surface area (Å²) in [6, 6.07) is 27.0. The van der Waals surface area contributed by atoms with Crippen molar-refractivity contribution in [2.45, 2.75) is 6.92 Å². The molecule has 1 aliphatic rings. The minimum atomic E-state index is 0.0872. The lowest BCUT2D eigenvalue weighted by atomic mass is 9.93. The van der Waals surface area contributed by atoms with Crippen molar-refractivity contribution >= 4 is 49.2 Å². The summed E-state index contributed by atoms with van der Waals surface area (Å²) < 4.78 is 3.24. The fourth-order valence-electron chi connectivity index (χ4n) is 5.23. The lowest BCUT2D eigenvalue weighted by Crippen LogP contribution is -1.94. The van der Waals surface area contributed by atoms with Crippen LogP contribution in [0.15, 0.2) is 114 Å². The van der Waals surface area contributed by atoms with Crippen molar-refractivity contribution in [3.8, 4) is 22.3 Å². The Labute approximate surface area is 212 Å². The highest BCUT2D eigenvalue weighted by molar-refractivity contribution is 9.10. The van der Waals surface area contributed by atoms with Gasteiger partial charge in [-0.15, -0.1) is 0 Å². The summed E-state index contributed by atoms with van der Waals surface area (Å²) >= 11 is 3.70. The third kappa shape index (κ3) is 3.27. The zero-order valence-electron chi connectivity index (χ0n) is 19.3. The molecule has 1 aliphatic carbocycles. The zero-order valence-corrected chi connectivity index (χ0v) is 20.8. The Morgan fingerprint density at radius 2 is 1.51 bits per heavy atom. The van der Waals surface area contributed by atoms with Gasteiger partial charge in [-0.3, -0.25) is 4.79 Å². The van der Waals surface area contributed by atoms with Gasteiger partial charge in [0.15, 0.2) is 5.78 Å². The lowest BCUT2D eigenvalue weighted by molar-refractivity contribution is 0.104. The molecule has 1 aromatic heterocycles. The molecule has 3 heteroatoms. The fraction of sp³-hybridized carbons (Fsp3) is 0.0312. The molecule has 0 bridgehead atoms. The molecule has 0 fully saturated rings. The van der Waals surface area contributed by atoms with E-state index in [0.29, 0.717) is 0 Å². The highest BCUT2D eigenvalue weighted by atomic mass is 79.9. The van der Waals surface area contributed by atoms with Gasteiger partial charge in [0.2, 0.25) is 0 Å². The van der Waals surface area contributed by atoms with Gasteiger partial charge in [0, 0.05) is 43.2 Å². The Morgan fingerprint density at radius 3 is 2.34 bits per heavy atom. The van der Waals surface area contributed by atoms with E-state index in [4.69, 9.17) is 0 Å². The number of para-hydroxylation sites is 1. The predicted molar refractivity (Wildman–Crippen MR) is 151 cm³/mol. The highest BCUT2D eigenvalue weighted by Gasteiger charge is 2.30. The van der Waals surface area contributed by atoms with Gasteiger partial charge >= 0.3 is 0 Å². The molecule has 0 N–H and O–H groups in total. The van der Waals surface area contributed by atoms with E-state index in [1.165, 1.54) is 16.3 Å². The first kappa shape index (κ1) is 21.6. The van der Waals surface area contributed by atoms with Crippen molar-refractivity contribution in [1.82, 2.24) is 4.57 Å². The van der Waals surface area contributed by atoms with E-state index < -0.39 is 0 Å². The average molecular weight is 516 g/mol. The zero-order chi connectivity index (χ0) is 24.1. The van der Waals surface area contributed by atoms with Gasteiger partial charge in [-0.05, 0) is 48.4 Å². The van der Waals surface area contributed by atoms with E-state index in [0.717, 1.165) is 49.1 Å². The largest absolute Gasteiger partial charge is 0.313 e. The Morgan fingerprint density at radius 1 is 0.800 bits per heavy atom. The van der Waals surface area contributed by atoms with E-state index in [1.54, 1.807) is 6.08 Å². The lowest BCUT2D eigenvalue weighted by Gasteiger charge is -2.12. The van der Waals surface area contributed by atoms with Crippen molar-refractivity contribution in [2.24, 2.45) is 0 Å². The number of fused-ring (bicyclic) bond motifs is 6. The number of ketones is 1. The van der Waals surface area contributed by atoms with Crippen LogP contribution in [0, 0.1) is 0 Å². The van der Waals surface area contributed by atoms with E-state index in [-0.39, 0.29) is 5.78 Å². The van der Waals surface area contributed by atoms with Crippen molar-refractivity contribution in [2.75, 3.05) is 0 Å². The molecule has 4 aromatic carbocycles. The standard InChI is InChI=1S/C32H22BrNO/c1-3-4-5-10-20(2)34-28-16-7-6-11-23(28)26-19-21(17-18-29(26)34)22-12-8-13-24-30(22)31-25(32(24)35)14-9-15-27(31)33/h3-19H,1H2,2H3/b5-4-,20-10+. The van der Waals surface area contributed by atoms with Crippen LogP contribution in [0.2, 0.25) is 0 Å². The third-order valence-electron chi connectivity index (χ3n) is 6.74. The molecule has 0 radical (unpaired) electrons. The summed E-state index contributed by atoms with van der Waals surface area (Å²) in [6.45, 7) is 5.88. The number of allylic oxidation sites excluding steroid dienone is 5. The topological polar surface area (TPSA) is 22.0 Å². The van der Waals surface area contributed by atoms with Crippen molar-refractivity contribution in [3.05, 3.63) is 125 Å². The van der Waals surface area contributed by atoms with E-state index >= 15 is 0 Å². The Bertz CT molecular complexity index is 1750. The van der Waals surface area contributed by atoms with Crippen LogP contribution < -0.4 is 0 Å². The summed E-state index contributed by atoms with van der Waals surface area (Å²) in [7, 11) is 0. The maximum Gasteiger partial charge on any atom is 0.194 e. The van der Waals surface area contributed by atoms with Gasteiger partial charge in [0.05, 0.1) is 11.0 Å². The summed E-state index contributed by atoms with van der Waals surface area (Å²) in [5.41, 5.74) is 9.14. The molecule has 1 heterocycles. The summed E-state index contributed by atoms with van der Waals surface area (Å²) in [5, 5.41) is 2.39. The normalized spacial score (nSPS) is 13.1. The van der Waals surface area contributed by atoms with Crippen molar-refractivity contribution in [3.63, 3.8) is 0 Å². The number of carbonyl (C=O) groups excluding carboxylic acids is 1. The van der Waals surface area contributed by atoms with Gasteiger partial charge in [-0.1, -0.05) is 95.3 Å². The second-order valence-corrected chi connectivity index (χ2v) is 9.59. The average Bonchev–Trinajstić information content (AvgIpc) is 3.37.